The Morgan fingerprint density at radius 3 is 2.46 bits per heavy atom. The summed E-state index contributed by atoms with van der Waals surface area (Å²) in [6, 6.07) is 8.41. The van der Waals surface area contributed by atoms with E-state index in [1.807, 2.05) is 17.5 Å². The lowest BCUT2D eigenvalue weighted by Gasteiger charge is -2.41. The first kappa shape index (κ1) is 17.6. The van der Waals surface area contributed by atoms with Gasteiger partial charge < -0.3 is 10.2 Å². The maximum atomic E-state index is 12.4. The van der Waals surface area contributed by atoms with Crippen molar-refractivity contribution in [2.75, 3.05) is 32.7 Å². The molecule has 1 aliphatic rings. The van der Waals surface area contributed by atoms with Crippen LogP contribution in [0.3, 0.4) is 0 Å². The van der Waals surface area contributed by atoms with Crippen molar-refractivity contribution in [1.82, 2.24) is 15.1 Å². The number of carbonyl (C=O) groups excluding carboxylic acids is 1. The van der Waals surface area contributed by atoms with Crippen LogP contribution in [0.15, 0.2) is 35.0 Å². The monoisotopic (exact) mass is 363 g/mol. The van der Waals surface area contributed by atoms with Gasteiger partial charge in [0.2, 0.25) is 0 Å². The molecule has 2 aromatic heterocycles. The van der Waals surface area contributed by atoms with Gasteiger partial charge in [-0.25, -0.2) is 0 Å². The van der Waals surface area contributed by atoms with Gasteiger partial charge in [-0.3, -0.25) is 9.69 Å². The highest BCUT2D eigenvalue weighted by atomic mass is 32.1. The summed E-state index contributed by atoms with van der Waals surface area (Å²) in [5.74, 6) is 0.0336. The molecule has 3 heterocycles. The van der Waals surface area contributed by atoms with E-state index in [1.54, 1.807) is 11.3 Å². The average Bonchev–Trinajstić information content (AvgIpc) is 3.29. The lowest BCUT2D eigenvalue weighted by atomic mass is 10.0. The van der Waals surface area contributed by atoms with Crippen molar-refractivity contribution in [1.29, 1.82) is 0 Å². The van der Waals surface area contributed by atoms with Crippen molar-refractivity contribution in [2.45, 2.75) is 25.9 Å². The second kappa shape index (κ2) is 8.25. The van der Waals surface area contributed by atoms with Gasteiger partial charge in [-0.1, -0.05) is 19.1 Å². The molecule has 0 unspecified atom stereocenters. The summed E-state index contributed by atoms with van der Waals surface area (Å²) in [6.45, 7) is 9.76. The summed E-state index contributed by atoms with van der Waals surface area (Å²) in [7, 11) is 0. The molecule has 0 spiro atoms. The molecule has 0 aromatic carbocycles. The molecule has 1 saturated heterocycles. The molecular formula is C18H25N3OS2. The van der Waals surface area contributed by atoms with Crippen LogP contribution >= 0.6 is 22.7 Å². The smallest absolute Gasteiger partial charge is 0.261 e. The number of carbonyl (C=O) groups is 1. The number of amides is 1. The predicted octanol–water partition coefficient (Wildman–Crippen LogP) is 3.31. The Morgan fingerprint density at radius 2 is 1.88 bits per heavy atom. The molecule has 1 amide bonds. The molecule has 6 heteroatoms. The average molecular weight is 364 g/mol. The van der Waals surface area contributed by atoms with E-state index in [1.165, 1.54) is 16.2 Å². The molecule has 2 aromatic rings. The number of hydrogen-bond acceptors (Lipinski definition) is 5. The third-order valence-corrected chi connectivity index (χ3v) is 6.47. The van der Waals surface area contributed by atoms with Gasteiger partial charge in [0, 0.05) is 37.1 Å². The Kier molecular flexibility index (Phi) is 6.05. The minimum atomic E-state index is 0.0336. The normalized spacial score (nSPS) is 19.1. The highest BCUT2D eigenvalue weighted by molar-refractivity contribution is 7.12. The van der Waals surface area contributed by atoms with Gasteiger partial charge in [0.25, 0.3) is 5.91 Å². The van der Waals surface area contributed by atoms with Crippen molar-refractivity contribution >= 4 is 28.6 Å². The summed E-state index contributed by atoms with van der Waals surface area (Å²) >= 11 is 3.27. The molecule has 3 rings (SSSR count). The lowest BCUT2D eigenvalue weighted by molar-refractivity contribution is 0.0755. The van der Waals surface area contributed by atoms with Gasteiger partial charge in [0.05, 0.1) is 10.9 Å². The lowest BCUT2D eigenvalue weighted by Crippen LogP contribution is -2.52. The molecule has 0 aliphatic carbocycles. The largest absolute Gasteiger partial charge is 0.347 e. The van der Waals surface area contributed by atoms with Gasteiger partial charge in [-0.15, -0.1) is 22.7 Å². The fraction of sp³-hybridized carbons (Fsp3) is 0.500. The van der Waals surface area contributed by atoms with E-state index in [2.05, 4.69) is 46.5 Å². The van der Waals surface area contributed by atoms with Gasteiger partial charge in [-0.2, -0.15) is 0 Å². The number of thiophene rings is 2. The number of nitrogens with zero attached hydrogens (tertiary/aromatic N) is 2. The van der Waals surface area contributed by atoms with E-state index >= 15 is 0 Å². The molecule has 130 valence electrons. The van der Waals surface area contributed by atoms with E-state index in [4.69, 9.17) is 0 Å². The highest BCUT2D eigenvalue weighted by Gasteiger charge is 2.30. The summed E-state index contributed by atoms with van der Waals surface area (Å²) < 4.78 is 0. The number of nitrogens with one attached hydrogen (secondary N) is 1. The van der Waals surface area contributed by atoms with Crippen molar-refractivity contribution in [3.63, 3.8) is 0 Å². The Labute approximate surface area is 152 Å². The van der Waals surface area contributed by atoms with Gasteiger partial charge >= 0.3 is 0 Å². The number of likely N-dealkylation sites (N-methyl/N-ethyl adjacent to an activating group) is 1. The van der Waals surface area contributed by atoms with Crippen LogP contribution in [0.5, 0.6) is 0 Å². The van der Waals surface area contributed by atoms with Crippen LogP contribution in [-0.2, 0) is 0 Å². The van der Waals surface area contributed by atoms with Gasteiger partial charge in [-0.05, 0) is 36.4 Å². The molecule has 4 nitrogen and oxygen atoms in total. The minimum absolute atomic E-state index is 0.0336. The van der Waals surface area contributed by atoms with E-state index < -0.39 is 0 Å². The Hall–Kier alpha value is -1.21. The number of rotatable bonds is 6. The van der Waals surface area contributed by atoms with Crippen molar-refractivity contribution in [3.8, 4) is 0 Å². The molecule has 2 atom stereocenters. The van der Waals surface area contributed by atoms with E-state index in [0.717, 1.165) is 37.6 Å². The maximum Gasteiger partial charge on any atom is 0.261 e. The first-order valence-corrected chi connectivity index (χ1v) is 10.3. The summed E-state index contributed by atoms with van der Waals surface area (Å²) in [6.07, 6.45) is 0. The van der Waals surface area contributed by atoms with E-state index in [-0.39, 0.29) is 18.0 Å². The van der Waals surface area contributed by atoms with Gasteiger partial charge in [0.15, 0.2) is 0 Å². The quantitative estimate of drug-likeness (QED) is 0.855. The molecule has 1 aliphatic heterocycles. The molecule has 0 bridgehead atoms. The molecule has 24 heavy (non-hydrogen) atoms. The van der Waals surface area contributed by atoms with Crippen molar-refractivity contribution in [2.24, 2.45) is 0 Å². The minimum Gasteiger partial charge on any atom is -0.347 e. The molecule has 0 radical (unpaired) electrons. The van der Waals surface area contributed by atoms with Crippen molar-refractivity contribution < 1.29 is 4.79 Å². The second-order valence-corrected chi connectivity index (χ2v) is 8.10. The highest BCUT2D eigenvalue weighted by Crippen LogP contribution is 2.29. The van der Waals surface area contributed by atoms with Crippen LogP contribution in [0.2, 0.25) is 0 Å². The molecular weight excluding hydrogens is 338 g/mol. The first-order chi connectivity index (χ1) is 11.7. The predicted molar refractivity (Wildman–Crippen MR) is 102 cm³/mol. The van der Waals surface area contributed by atoms with Gasteiger partial charge in [0.1, 0.15) is 0 Å². The first-order valence-electron chi connectivity index (χ1n) is 8.53. The topological polar surface area (TPSA) is 35.6 Å². The third kappa shape index (κ3) is 4.06. The van der Waals surface area contributed by atoms with Crippen LogP contribution in [0.1, 0.15) is 34.4 Å². The molecule has 1 N–H and O–H groups in total. The van der Waals surface area contributed by atoms with Crippen LogP contribution in [0.4, 0.5) is 0 Å². The Morgan fingerprint density at radius 1 is 1.17 bits per heavy atom. The summed E-state index contributed by atoms with van der Waals surface area (Å²) in [4.78, 5) is 19.6. The van der Waals surface area contributed by atoms with Crippen molar-refractivity contribution in [3.05, 3.63) is 44.8 Å². The molecule has 0 saturated carbocycles. The van der Waals surface area contributed by atoms with Crippen LogP contribution < -0.4 is 5.32 Å². The Bertz CT molecular complexity index is 619. The van der Waals surface area contributed by atoms with E-state index in [0.29, 0.717) is 0 Å². The fourth-order valence-electron chi connectivity index (χ4n) is 3.32. The summed E-state index contributed by atoms with van der Waals surface area (Å²) in [5, 5.41) is 7.28. The SMILES string of the molecule is CCN1CCN([C@H](c2cccs2)[C@@H](C)NC(=O)c2cccs2)CC1. The van der Waals surface area contributed by atoms with Crippen LogP contribution in [0.25, 0.3) is 0 Å². The Balaban J connectivity index is 1.72. The second-order valence-electron chi connectivity index (χ2n) is 6.17. The summed E-state index contributed by atoms with van der Waals surface area (Å²) in [5.41, 5.74) is 0. The maximum absolute atomic E-state index is 12.4. The zero-order valence-corrected chi connectivity index (χ0v) is 15.9. The fourth-order valence-corrected chi connectivity index (χ4v) is 4.92. The zero-order chi connectivity index (χ0) is 16.9. The molecule has 1 fully saturated rings. The number of hydrogen-bond donors (Lipinski definition) is 1. The third-order valence-electron chi connectivity index (χ3n) is 4.66. The zero-order valence-electron chi connectivity index (χ0n) is 14.3. The van der Waals surface area contributed by atoms with E-state index in [9.17, 15) is 4.79 Å². The number of piperazine rings is 1. The standard InChI is InChI=1S/C18H25N3OS2/c1-3-20-8-10-21(11-9-20)17(15-6-4-12-23-15)14(2)19-18(22)16-7-5-13-24-16/h4-7,12-14,17H,3,8-11H2,1-2H3,(H,19,22)/t14-,17+/m1/s1. The van der Waals surface area contributed by atoms with Crippen LogP contribution in [-0.4, -0.2) is 54.5 Å². The van der Waals surface area contributed by atoms with Crippen LogP contribution in [0, 0.1) is 0 Å².